The second-order valence-electron chi connectivity index (χ2n) is 5.88. The second kappa shape index (κ2) is 5.85. The first kappa shape index (κ1) is 14.1. The standard InChI is InChI=1S/C16H20N2O3/c19-14-5-3-1-2-4-13(14)18-16(21)10-6-7-12-11(8-10)9-15(20)17-12/h6-8,13-14,19H,1-5,9H2,(H,17,20)(H,18,21). The molecule has 0 radical (unpaired) electrons. The number of amides is 2. The van der Waals surface area contributed by atoms with Crippen LogP contribution in [-0.2, 0) is 11.2 Å². The van der Waals surface area contributed by atoms with Crippen molar-refractivity contribution in [3.8, 4) is 0 Å². The van der Waals surface area contributed by atoms with Gasteiger partial charge in [0.1, 0.15) is 0 Å². The molecule has 2 unspecified atom stereocenters. The molecule has 1 aromatic rings. The molecule has 1 fully saturated rings. The van der Waals surface area contributed by atoms with Crippen molar-refractivity contribution in [3.63, 3.8) is 0 Å². The van der Waals surface area contributed by atoms with E-state index >= 15 is 0 Å². The summed E-state index contributed by atoms with van der Waals surface area (Å²) in [5, 5.41) is 15.7. The highest BCUT2D eigenvalue weighted by Crippen LogP contribution is 2.24. The minimum atomic E-state index is -0.464. The van der Waals surface area contributed by atoms with Crippen molar-refractivity contribution in [2.24, 2.45) is 0 Å². The Bertz CT molecular complexity index is 571. The fourth-order valence-corrected chi connectivity index (χ4v) is 3.08. The first-order chi connectivity index (χ1) is 10.1. The van der Waals surface area contributed by atoms with Crippen LogP contribution in [0.1, 0.15) is 48.0 Å². The summed E-state index contributed by atoms with van der Waals surface area (Å²) in [6, 6.07) is 5.06. The number of aliphatic hydroxyl groups is 1. The van der Waals surface area contributed by atoms with Gasteiger partial charge in [-0.25, -0.2) is 0 Å². The molecule has 112 valence electrons. The Labute approximate surface area is 123 Å². The van der Waals surface area contributed by atoms with Crippen LogP contribution in [-0.4, -0.2) is 29.1 Å². The third-order valence-electron chi connectivity index (χ3n) is 4.29. The fourth-order valence-electron chi connectivity index (χ4n) is 3.08. The highest BCUT2D eigenvalue weighted by Gasteiger charge is 2.24. The minimum Gasteiger partial charge on any atom is -0.391 e. The highest BCUT2D eigenvalue weighted by atomic mass is 16.3. The van der Waals surface area contributed by atoms with E-state index in [1.165, 1.54) is 0 Å². The summed E-state index contributed by atoms with van der Waals surface area (Å²) in [5.74, 6) is -0.218. The van der Waals surface area contributed by atoms with Crippen LogP contribution in [0.5, 0.6) is 0 Å². The van der Waals surface area contributed by atoms with Crippen molar-refractivity contribution < 1.29 is 14.7 Å². The van der Waals surface area contributed by atoms with Gasteiger partial charge in [0.15, 0.2) is 0 Å². The second-order valence-corrected chi connectivity index (χ2v) is 5.88. The molecule has 0 spiro atoms. The highest BCUT2D eigenvalue weighted by molar-refractivity contribution is 6.01. The minimum absolute atomic E-state index is 0.0400. The molecule has 2 amide bonds. The molecule has 1 heterocycles. The molecule has 1 saturated carbocycles. The smallest absolute Gasteiger partial charge is 0.251 e. The van der Waals surface area contributed by atoms with Gasteiger partial charge in [-0.2, -0.15) is 0 Å². The van der Waals surface area contributed by atoms with E-state index < -0.39 is 6.10 Å². The predicted molar refractivity (Wildman–Crippen MR) is 79.1 cm³/mol. The number of aliphatic hydroxyl groups excluding tert-OH is 1. The Kier molecular flexibility index (Phi) is 3.92. The first-order valence-corrected chi connectivity index (χ1v) is 7.55. The summed E-state index contributed by atoms with van der Waals surface area (Å²) in [5.41, 5.74) is 2.18. The maximum absolute atomic E-state index is 12.3. The normalized spacial score (nSPS) is 24.9. The van der Waals surface area contributed by atoms with Gasteiger partial charge in [-0.1, -0.05) is 19.3 Å². The molecule has 5 nitrogen and oxygen atoms in total. The van der Waals surface area contributed by atoms with E-state index in [2.05, 4.69) is 10.6 Å². The van der Waals surface area contributed by atoms with Gasteiger partial charge in [-0.15, -0.1) is 0 Å². The topological polar surface area (TPSA) is 78.4 Å². The van der Waals surface area contributed by atoms with Crippen LogP contribution >= 0.6 is 0 Å². The Hall–Kier alpha value is -1.88. The lowest BCUT2D eigenvalue weighted by atomic mass is 10.0. The van der Waals surface area contributed by atoms with Gasteiger partial charge < -0.3 is 15.7 Å². The molecule has 0 aromatic heterocycles. The third-order valence-corrected chi connectivity index (χ3v) is 4.29. The molecule has 1 aromatic carbocycles. The molecule has 1 aliphatic heterocycles. The number of nitrogens with one attached hydrogen (secondary N) is 2. The van der Waals surface area contributed by atoms with E-state index in [1.807, 2.05) is 0 Å². The number of fused-ring (bicyclic) bond motifs is 1. The lowest BCUT2D eigenvalue weighted by Gasteiger charge is -2.21. The number of benzene rings is 1. The molecule has 3 N–H and O–H groups in total. The quantitative estimate of drug-likeness (QED) is 0.723. The van der Waals surface area contributed by atoms with Crippen LogP contribution in [0.2, 0.25) is 0 Å². The molecule has 1 aliphatic carbocycles. The Balaban J connectivity index is 1.71. The van der Waals surface area contributed by atoms with E-state index in [4.69, 9.17) is 0 Å². The van der Waals surface area contributed by atoms with Crippen molar-refractivity contribution in [3.05, 3.63) is 29.3 Å². The number of hydrogen-bond acceptors (Lipinski definition) is 3. The summed E-state index contributed by atoms with van der Waals surface area (Å²) in [7, 11) is 0. The zero-order valence-corrected chi connectivity index (χ0v) is 11.9. The average Bonchev–Trinajstić information content (AvgIpc) is 2.72. The van der Waals surface area contributed by atoms with E-state index in [0.29, 0.717) is 12.0 Å². The molecular formula is C16H20N2O3. The Morgan fingerprint density at radius 2 is 2.05 bits per heavy atom. The molecule has 3 rings (SSSR count). The Morgan fingerprint density at radius 1 is 1.24 bits per heavy atom. The molecule has 2 aliphatic rings. The van der Waals surface area contributed by atoms with E-state index in [-0.39, 0.29) is 17.9 Å². The zero-order chi connectivity index (χ0) is 14.8. The van der Waals surface area contributed by atoms with Gasteiger partial charge >= 0.3 is 0 Å². The van der Waals surface area contributed by atoms with Crippen molar-refractivity contribution in [1.82, 2.24) is 5.32 Å². The van der Waals surface area contributed by atoms with Gasteiger partial charge in [0, 0.05) is 11.3 Å². The van der Waals surface area contributed by atoms with Crippen molar-refractivity contribution in [2.75, 3.05) is 5.32 Å². The molecule has 21 heavy (non-hydrogen) atoms. The van der Waals surface area contributed by atoms with Crippen LogP contribution in [0.15, 0.2) is 18.2 Å². The number of hydrogen-bond donors (Lipinski definition) is 3. The van der Waals surface area contributed by atoms with Gasteiger partial charge in [0.05, 0.1) is 18.6 Å². The maximum atomic E-state index is 12.3. The maximum Gasteiger partial charge on any atom is 0.251 e. The van der Waals surface area contributed by atoms with Crippen LogP contribution in [0.3, 0.4) is 0 Å². The fraction of sp³-hybridized carbons (Fsp3) is 0.500. The summed E-state index contributed by atoms with van der Waals surface area (Å²) in [6.07, 6.45) is 4.57. The summed E-state index contributed by atoms with van der Waals surface area (Å²) in [4.78, 5) is 23.7. The van der Waals surface area contributed by atoms with Crippen molar-refractivity contribution in [2.45, 2.75) is 50.7 Å². The van der Waals surface area contributed by atoms with Gasteiger partial charge in [0.25, 0.3) is 5.91 Å². The van der Waals surface area contributed by atoms with Gasteiger partial charge in [-0.05, 0) is 36.6 Å². The summed E-state index contributed by atoms with van der Waals surface area (Å²) >= 11 is 0. The largest absolute Gasteiger partial charge is 0.391 e. The number of carbonyl (C=O) groups excluding carboxylic acids is 2. The monoisotopic (exact) mass is 288 g/mol. The summed E-state index contributed by atoms with van der Waals surface area (Å²) < 4.78 is 0. The first-order valence-electron chi connectivity index (χ1n) is 7.55. The molecule has 0 bridgehead atoms. The zero-order valence-electron chi connectivity index (χ0n) is 11.9. The number of anilines is 1. The third kappa shape index (κ3) is 3.08. The number of rotatable bonds is 2. The van der Waals surface area contributed by atoms with Crippen molar-refractivity contribution >= 4 is 17.5 Å². The van der Waals surface area contributed by atoms with Crippen LogP contribution < -0.4 is 10.6 Å². The average molecular weight is 288 g/mol. The molecular weight excluding hydrogens is 268 g/mol. The SMILES string of the molecule is O=C1Cc2cc(C(=O)NC3CCCCCC3O)ccc2N1. The number of carbonyl (C=O) groups is 2. The van der Waals surface area contributed by atoms with Crippen LogP contribution in [0.4, 0.5) is 5.69 Å². The van der Waals surface area contributed by atoms with Gasteiger partial charge in [0.2, 0.25) is 5.91 Å². The molecule has 5 heteroatoms. The van der Waals surface area contributed by atoms with E-state index in [9.17, 15) is 14.7 Å². The van der Waals surface area contributed by atoms with Crippen molar-refractivity contribution in [1.29, 1.82) is 0 Å². The lowest BCUT2D eigenvalue weighted by Crippen LogP contribution is -2.42. The summed E-state index contributed by atoms with van der Waals surface area (Å²) in [6.45, 7) is 0. The van der Waals surface area contributed by atoms with Crippen LogP contribution in [0.25, 0.3) is 0 Å². The van der Waals surface area contributed by atoms with Crippen LogP contribution in [0, 0.1) is 0 Å². The molecule has 0 saturated heterocycles. The Morgan fingerprint density at radius 3 is 2.90 bits per heavy atom. The van der Waals surface area contributed by atoms with Gasteiger partial charge in [-0.3, -0.25) is 9.59 Å². The predicted octanol–water partition coefficient (Wildman–Crippen LogP) is 1.60. The lowest BCUT2D eigenvalue weighted by molar-refractivity contribution is -0.115. The van der Waals surface area contributed by atoms with E-state index in [1.54, 1.807) is 18.2 Å². The molecule has 2 atom stereocenters. The van der Waals surface area contributed by atoms with E-state index in [0.717, 1.165) is 43.4 Å².